The number of hydrogen-bond acceptors (Lipinski definition) is 3. The van der Waals surface area contributed by atoms with Crippen LogP contribution in [0.25, 0.3) is 0 Å². The largest absolute Gasteiger partial charge is 0.292 e. The summed E-state index contributed by atoms with van der Waals surface area (Å²) in [5.41, 5.74) is 1.92. The van der Waals surface area contributed by atoms with Crippen molar-refractivity contribution in [2.75, 3.05) is 6.54 Å². The van der Waals surface area contributed by atoms with Crippen molar-refractivity contribution < 1.29 is 4.79 Å². The molecule has 21 heavy (non-hydrogen) atoms. The Morgan fingerprint density at radius 2 is 1.81 bits per heavy atom. The summed E-state index contributed by atoms with van der Waals surface area (Å²) in [4.78, 5) is 18.8. The van der Waals surface area contributed by atoms with Gasteiger partial charge in [0.2, 0.25) is 0 Å². The molecular formula is C17H19BrN2O. The Morgan fingerprint density at radius 3 is 2.38 bits per heavy atom. The highest BCUT2D eigenvalue weighted by Crippen LogP contribution is 2.15. The van der Waals surface area contributed by atoms with Gasteiger partial charge < -0.3 is 0 Å². The molecular weight excluding hydrogens is 328 g/mol. The van der Waals surface area contributed by atoms with Crippen molar-refractivity contribution in [2.24, 2.45) is 0 Å². The zero-order chi connectivity index (χ0) is 15.2. The molecule has 2 rings (SSSR count). The Kier molecular flexibility index (Phi) is 5.65. The maximum absolute atomic E-state index is 12.6. The van der Waals surface area contributed by atoms with E-state index in [9.17, 15) is 4.79 Å². The van der Waals surface area contributed by atoms with Gasteiger partial charge in [0.15, 0.2) is 5.78 Å². The van der Waals surface area contributed by atoms with Crippen molar-refractivity contribution in [3.63, 3.8) is 0 Å². The van der Waals surface area contributed by atoms with Crippen LogP contribution in [0.1, 0.15) is 29.8 Å². The van der Waals surface area contributed by atoms with E-state index in [1.54, 1.807) is 12.4 Å². The minimum absolute atomic E-state index is 0.149. The fraction of sp³-hybridized carbons (Fsp3) is 0.294. The van der Waals surface area contributed by atoms with Gasteiger partial charge in [-0.05, 0) is 43.3 Å². The Morgan fingerprint density at radius 1 is 1.19 bits per heavy atom. The Balaban J connectivity index is 2.10. The molecule has 110 valence electrons. The highest BCUT2D eigenvalue weighted by molar-refractivity contribution is 9.10. The summed E-state index contributed by atoms with van der Waals surface area (Å²) in [6.45, 7) is 5.62. The molecule has 0 bridgehead atoms. The lowest BCUT2D eigenvalue weighted by molar-refractivity contribution is 0.0835. The van der Waals surface area contributed by atoms with E-state index in [1.165, 1.54) is 5.56 Å². The van der Waals surface area contributed by atoms with Crippen LogP contribution in [0.2, 0.25) is 0 Å². The summed E-state index contributed by atoms with van der Waals surface area (Å²) >= 11 is 3.39. The SMILES string of the molecule is CCN(Cc1ccncc1)C(C)C(=O)c1ccc(Br)cc1. The highest BCUT2D eigenvalue weighted by atomic mass is 79.9. The lowest BCUT2D eigenvalue weighted by Crippen LogP contribution is -2.38. The quantitative estimate of drug-likeness (QED) is 0.742. The number of benzene rings is 1. The van der Waals surface area contributed by atoms with Gasteiger partial charge in [-0.25, -0.2) is 0 Å². The van der Waals surface area contributed by atoms with Crippen LogP contribution in [-0.4, -0.2) is 28.3 Å². The van der Waals surface area contributed by atoms with Crippen LogP contribution in [-0.2, 0) is 6.54 Å². The van der Waals surface area contributed by atoms with E-state index in [-0.39, 0.29) is 11.8 Å². The number of ketones is 1. The lowest BCUT2D eigenvalue weighted by Gasteiger charge is -2.26. The monoisotopic (exact) mass is 346 g/mol. The molecule has 1 heterocycles. The zero-order valence-electron chi connectivity index (χ0n) is 12.3. The first-order valence-corrected chi connectivity index (χ1v) is 7.84. The normalized spacial score (nSPS) is 12.4. The predicted octanol–water partition coefficient (Wildman–Crippen LogP) is 3.94. The molecule has 0 aliphatic heterocycles. The topological polar surface area (TPSA) is 33.2 Å². The minimum atomic E-state index is -0.149. The first-order chi connectivity index (χ1) is 10.1. The lowest BCUT2D eigenvalue weighted by atomic mass is 10.0. The van der Waals surface area contributed by atoms with Gasteiger partial charge in [0.05, 0.1) is 6.04 Å². The van der Waals surface area contributed by atoms with Gasteiger partial charge in [0, 0.05) is 29.0 Å². The van der Waals surface area contributed by atoms with Crippen LogP contribution in [0.4, 0.5) is 0 Å². The molecule has 1 atom stereocenters. The van der Waals surface area contributed by atoms with Crippen LogP contribution >= 0.6 is 15.9 Å². The smallest absolute Gasteiger partial charge is 0.179 e. The molecule has 0 radical (unpaired) electrons. The van der Waals surface area contributed by atoms with Gasteiger partial charge >= 0.3 is 0 Å². The van der Waals surface area contributed by atoms with Crippen molar-refractivity contribution in [1.82, 2.24) is 9.88 Å². The Labute approximate surface area is 134 Å². The van der Waals surface area contributed by atoms with Crippen molar-refractivity contribution in [3.05, 3.63) is 64.4 Å². The molecule has 0 aliphatic carbocycles. The van der Waals surface area contributed by atoms with Crippen molar-refractivity contribution in [3.8, 4) is 0 Å². The number of likely N-dealkylation sites (N-methyl/N-ethyl adjacent to an activating group) is 1. The Hall–Kier alpha value is -1.52. The first-order valence-electron chi connectivity index (χ1n) is 7.04. The maximum Gasteiger partial charge on any atom is 0.179 e. The molecule has 0 fully saturated rings. The molecule has 0 N–H and O–H groups in total. The summed E-state index contributed by atoms with van der Waals surface area (Å²) in [6.07, 6.45) is 3.56. The molecule has 4 heteroatoms. The summed E-state index contributed by atoms with van der Waals surface area (Å²) in [7, 11) is 0. The summed E-state index contributed by atoms with van der Waals surface area (Å²) in [5.74, 6) is 0.151. The average Bonchev–Trinajstić information content (AvgIpc) is 2.53. The molecule has 3 nitrogen and oxygen atoms in total. The van der Waals surface area contributed by atoms with Crippen molar-refractivity contribution in [2.45, 2.75) is 26.4 Å². The second kappa shape index (κ2) is 7.48. The van der Waals surface area contributed by atoms with Gasteiger partial charge in [-0.3, -0.25) is 14.7 Å². The molecule has 0 spiro atoms. The third kappa shape index (κ3) is 4.22. The van der Waals surface area contributed by atoms with Gasteiger partial charge in [0.1, 0.15) is 0 Å². The van der Waals surface area contributed by atoms with E-state index in [0.29, 0.717) is 0 Å². The van der Waals surface area contributed by atoms with Gasteiger partial charge in [-0.15, -0.1) is 0 Å². The summed E-state index contributed by atoms with van der Waals surface area (Å²) in [6, 6.07) is 11.4. The third-order valence-electron chi connectivity index (χ3n) is 3.60. The second-order valence-electron chi connectivity index (χ2n) is 4.97. The van der Waals surface area contributed by atoms with E-state index in [0.717, 1.165) is 23.1 Å². The molecule has 0 aliphatic rings. The number of aromatic nitrogens is 1. The number of carbonyl (C=O) groups excluding carboxylic acids is 1. The van der Waals surface area contributed by atoms with E-state index < -0.39 is 0 Å². The molecule has 2 aromatic rings. The fourth-order valence-corrected chi connectivity index (χ4v) is 2.53. The molecule has 0 amide bonds. The number of pyridine rings is 1. The minimum Gasteiger partial charge on any atom is -0.292 e. The van der Waals surface area contributed by atoms with Gasteiger partial charge in [-0.2, -0.15) is 0 Å². The van der Waals surface area contributed by atoms with Crippen LogP contribution in [0.15, 0.2) is 53.3 Å². The van der Waals surface area contributed by atoms with Crippen LogP contribution in [0.5, 0.6) is 0 Å². The maximum atomic E-state index is 12.6. The second-order valence-corrected chi connectivity index (χ2v) is 5.88. The first kappa shape index (κ1) is 15.9. The molecule has 1 aromatic carbocycles. The number of nitrogens with zero attached hydrogens (tertiary/aromatic N) is 2. The van der Waals surface area contributed by atoms with Crippen LogP contribution < -0.4 is 0 Å². The summed E-state index contributed by atoms with van der Waals surface area (Å²) < 4.78 is 0.982. The van der Waals surface area contributed by atoms with Crippen LogP contribution in [0.3, 0.4) is 0 Å². The summed E-state index contributed by atoms with van der Waals surface area (Å²) in [5, 5.41) is 0. The fourth-order valence-electron chi connectivity index (χ4n) is 2.27. The number of hydrogen-bond donors (Lipinski definition) is 0. The van der Waals surface area contributed by atoms with Crippen molar-refractivity contribution >= 4 is 21.7 Å². The van der Waals surface area contributed by atoms with Crippen molar-refractivity contribution in [1.29, 1.82) is 0 Å². The van der Waals surface area contributed by atoms with E-state index >= 15 is 0 Å². The number of rotatable bonds is 6. The molecule has 1 unspecified atom stereocenters. The standard InChI is InChI=1S/C17H19BrN2O/c1-3-20(12-14-8-10-19-11-9-14)13(2)17(21)15-4-6-16(18)7-5-15/h4-11,13H,3,12H2,1-2H3. The average molecular weight is 347 g/mol. The number of carbonyl (C=O) groups is 1. The van der Waals surface area contributed by atoms with Crippen LogP contribution in [0, 0.1) is 0 Å². The van der Waals surface area contributed by atoms with Gasteiger partial charge in [0.25, 0.3) is 0 Å². The highest BCUT2D eigenvalue weighted by Gasteiger charge is 2.21. The van der Waals surface area contributed by atoms with Gasteiger partial charge in [-0.1, -0.05) is 35.0 Å². The van der Waals surface area contributed by atoms with E-state index in [2.05, 4.69) is 32.7 Å². The zero-order valence-corrected chi connectivity index (χ0v) is 13.9. The molecule has 0 saturated carbocycles. The predicted molar refractivity (Wildman–Crippen MR) is 88.3 cm³/mol. The van der Waals surface area contributed by atoms with E-state index in [4.69, 9.17) is 0 Å². The Bertz CT molecular complexity index is 583. The third-order valence-corrected chi connectivity index (χ3v) is 4.13. The van der Waals surface area contributed by atoms with E-state index in [1.807, 2.05) is 43.3 Å². The number of halogens is 1. The molecule has 1 aromatic heterocycles. The molecule has 0 saturated heterocycles. The number of Topliss-reactive ketones (excluding diaryl/α,β-unsaturated/α-hetero) is 1.